The highest BCUT2D eigenvalue weighted by molar-refractivity contribution is 8.02. The van der Waals surface area contributed by atoms with E-state index in [4.69, 9.17) is 0 Å². The Morgan fingerprint density at radius 3 is 2.80 bits per heavy atom. The second-order valence-corrected chi connectivity index (χ2v) is 7.41. The Labute approximate surface area is 149 Å². The monoisotopic (exact) mass is 372 g/mol. The van der Waals surface area contributed by atoms with Crippen LogP contribution in [0.2, 0.25) is 0 Å². The molecule has 0 saturated carbocycles. The van der Waals surface area contributed by atoms with Gasteiger partial charge in [-0.3, -0.25) is 14.6 Å². The summed E-state index contributed by atoms with van der Waals surface area (Å²) in [4.78, 5) is 40.0. The van der Waals surface area contributed by atoms with Crippen molar-refractivity contribution in [2.24, 2.45) is 0 Å². The summed E-state index contributed by atoms with van der Waals surface area (Å²) in [6, 6.07) is 9.41. The van der Waals surface area contributed by atoms with Gasteiger partial charge in [0.1, 0.15) is 16.3 Å². The number of thioether (sulfide) groups is 1. The van der Waals surface area contributed by atoms with E-state index in [0.717, 1.165) is 34.3 Å². The van der Waals surface area contributed by atoms with Gasteiger partial charge in [0.2, 0.25) is 5.91 Å². The highest BCUT2D eigenvalue weighted by atomic mass is 32.2. The van der Waals surface area contributed by atoms with Crippen LogP contribution in [0.3, 0.4) is 0 Å². The van der Waals surface area contributed by atoms with Gasteiger partial charge in [-0.15, -0.1) is 23.1 Å². The first-order valence-electron chi connectivity index (χ1n) is 7.17. The number of carbonyl (C=O) groups excluding carboxylic acids is 1. The summed E-state index contributed by atoms with van der Waals surface area (Å²) < 4.78 is 0.780. The van der Waals surface area contributed by atoms with Crippen LogP contribution < -0.4 is 16.6 Å². The molecule has 0 bridgehead atoms. The van der Waals surface area contributed by atoms with Gasteiger partial charge in [-0.25, -0.2) is 4.79 Å². The van der Waals surface area contributed by atoms with Crippen molar-refractivity contribution in [1.82, 2.24) is 9.97 Å². The first-order valence-corrected chi connectivity index (χ1v) is 8.97. The lowest BCUT2D eigenvalue weighted by atomic mass is 10.2. The summed E-state index contributed by atoms with van der Waals surface area (Å²) in [5.74, 6) is -0.138. The zero-order valence-electron chi connectivity index (χ0n) is 13.0. The average molecular weight is 372 g/mol. The maximum Gasteiger partial charge on any atom is 0.326 e. The topological polar surface area (TPSA) is 119 Å². The number of benzene rings is 1. The number of hydrogen-bond donors (Lipinski definition) is 3. The Bertz CT molecular complexity index is 1120. The molecule has 0 aliphatic rings. The van der Waals surface area contributed by atoms with E-state index in [2.05, 4.69) is 15.3 Å². The van der Waals surface area contributed by atoms with E-state index in [1.54, 1.807) is 0 Å². The fourth-order valence-corrected chi connectivity index (χ4v) is 4.35. The number of H-pyrrole nitrogens is 2. The van der Waals surface area contributed by atoms with Gasteiger partial charge >= 0.3 is 5.69 Å². The van der Waals surface area contributed by atoms with Crippen molar-refractivity contribution in [2.75, 3.05) is 11.1 Å². The predicted molar refractivity (Wildman–Crippen MR) is 98.3 cm³/mol. The molecule has 3 aromatic rings. The molecular formula is C16H12N4O3S2. The molecule has 0 fully saturated rings. The molecule has 7 nitrogen and oxygen atoms in total. The number of carbonyl (C=O) groups is 1. The largest absolute Gasteiger partial charge is 0.326 e. The molecule has 9 heteroatoms. The number of aromatic nitrogens is 2. The molecule has 0 saturated heterocycles. The first-order chi connectivity index (χ1) is 12.0. The number of hydrogen-bond acceptors (Lipinski definition) is 6. The molecule has 1 aromatic carbocycles. The van der Waals surface area contributed by atoms with Crippen LogP contribution >= 0.6 is 23.1 Å². The number of amides is 1. The lowest BCUT2D eigenvalue weighted by Gasteiger charge is -2.07. The quantitative estimate of drug-likeness (QED) is 0.607. The van der Waals surface area contributed by atoms with E-state index in [9.17, 15) is 19.6 Å². The second kappa shape index (κ2) is 6.96. The maximum atomic E-state index is 12.1. The number of para-hydroxylation sites is 1. The van der Waals surface area contributed by atoms with Crippen LogP contribution in [0.4, 0.5) is 5.69 Å². The SMILES string of the molecule is Cc1ccccc1NC(=O)CSc1sc2c(=O)[nH]c(=O)[nH]c2c1C#N. The van der Waals surface area contributed by atoms with Crippen LogP contribution in [-0.2, 0) is 4.79 Å². The number of anilines is 1. The van der Waals surface area contributed by atoms with E-state index in [1.165, 1.54) is 0 Å². The van der Waals surface area contributed by atoms with Gasteiger partial charge in [-0.05, 0) is 18.6 Å². The smallest absolute Gasteiger partial charge is 0.325 e. The predicted octanol–water partition coefficient (Wildman–Crippen LogP) is 2.19. The van der Waals surface area contributed by atoms with Gasteiger partial charge in [0.25, 0.3) is 5.56 Å². The molecular weight excluding hydrogens is 360 g/mol. The second-order valence-electron chi connectivity index (χ2n) is 5.14. The highest BCUT2D eigenvalue weighted by Gasteiger charge is 2.17. The molecule has 0 aliphatic heterocycles. The van der Waals surface area contributed by atoms with E-state index >= 15 is 0 Å². The zero-order valence-corrected chi connectivity index (χ0v) is 14.6. The van der Waals surface area contributed by atoms with E-state index in [1.807, 2.05) is 37.3 Å². The Morgan fingerprint density at radius 1 is 1.32 bits per heavy atom. The molecule has 25 heavy (non-hydrogen) atoms. The summed E-state index contributed by atoms with van der Waals surface area (Å²) in [6.07, 6.45) is 0. The third-order valence-electron chi connectivity index (χ3n) is 3.41. The maximum absolute atomic E-state index is 12.1. The molecule has 1 amide bonds. The van der Waals surface area contributed by atoms with E-state index in [-0.39, 0.29) is 27.4 Å². The van der Waals surface area contributed by atoms with Crippen molar-refractivity contribution in [1.29, 1.82) is 5.26 Å². The summed E-state index contributed by atoms with van der Waals surface area (Å²) in [5.41, 5.74) is 0.882. The van der Waals surface area contributed by atoms with Crippen molar-refractivity contribution in [3.63, 3.8) is 0 Å². The van der Waals surface area contributed by atoms with Gasteiger partial charge < -0.3 is 10.3 Å². The number of rotatable bonds is 4. The van der Waals surface area contributed by atoms with Gasteiger partial charge in [0.05, 0.1) is 15.5 Å². The van der Waals surface area contributed by atoms with Crippen molar-refractivity contribution in [3.8, 4) is 6.07 Å². The Morgan fingerprint density at radius 2 is 2.08 bits per heavy atom. The summed E-state index contributed by atoms with van der Waals surface area (Å²) in [7, 11) is 0. The van der Waals surface area contributed by atoms with Crippen molar-refractivity contribution < 1.29 is 4.79 Å². The van der Waals surface area contributed by atoms with E-state index in [0.29, 0.717) is 4.21 Å². The van der Waals surface area contributed by atoms with Gasteiger partial charge in [-0.1, -0.05) is 18.2 Å². The Kier molecular flexibility index (Phi) is 4.74. The number of aromatic amines is 2. The van der Waals surface area contributed by atoms with Crippen molar-refractivity contribution in [2.45, 2.75) is 11.1 Å². The van der Waals surface area contributed by atoms with Crippen LogP contribution in [-0.4, -0.2) is 21.6 Å². The van der Waals surface area contributed by atoms with Gasteiger partial charge in [0, 0.05) is 5.69 Å². The molecule has 3 rings (SSSR count). The standard InChI is InChI=1S/C16H12N4O3S2/c1-8-4-2-3-5-10(8)18-11(21)7-24-15-9(6-17)12-13(25-15)14(22)20-16(23)19-12/h2-5H,7H2,1H3,(H,18,21)(H2,19,20,22,23). The lowest BCUT2D eigenvalue weighted by Crippen LogP contribution is -2.20. The minimum Gasteiger partial charge on any atom is -0.325 e. The summed E-state index contributed by atoms with van der Waals surface area (Å²) in [6.45, 7) is 1.89. The minimum absolute atomic E-state index is 0.0813. The van der Waals surface area contributed by atoms with Crippen LogP contribution in [0.1, 0.15) is 11.1 Å². The first kappa shape index (κ1) is 17.0. The Hall–Kier alpha value is -2.83. The van der Waals surface area contributed by atoms with Crippen LogP contribution in [0.5, 0.6) is 0 Å². The highest BCUT2D eigenvalue weighted by Crippen LogP contribution is 2.34. The summed E-state index contributed by atoms with van der Waals surface area (Å²) >= 11 is 2.24. The molecule has 3 N–H and O–H groups in total. The minimum atomic E-state index is -0.666. The number of nitrogens with zero attached hydrogens (tertiary/aromatic N) is 1. The van der Waals surface area contributed by atoms with Crippen LogP contribution in [0, 0.1) is 18.3 Å². The summed E-state index contributed by atoms with van der Waals surface area (Å²) in [5, 5.41) is 12.1. The van der Waals surface area contributed by atoms with Crippen LogP contribution in [0.25, 0.3) is 10.2 Å². The number of aryl methyl sites for hydroxylation is 1. The van der Waals surface area contributed by atoms with Gasteiger partial charge in [-0.2, -0.15) is 5.26 Å². The zero-order chi connectivity index (χ0) is 18.0. The fourth-order valence-electron chi connectivity index (χ4n) is 2.23. The third kappa shape index (κ3) is 3.50. The molecule has 2 aromatic heterocycles. The number of nitriles is 1. The average Bonchev–Trinajstić information content (AvgIpc) is 2.93. The van der Waals surface area contributed by atoms with Gasteiger partial charge in [0.15, 0.2) is 0 Å². The fraction of sp³-hybridized carbons (Fsp3) is 0.125. The molecule has 0 aliphatic carbocycles. The normalized spacial score (nSPS) is 10.6. The molecule has 0 atom stereocenters. The molecule has 2 heterocycles. The van der Waals surface area contributed by atoms with E-state index < -0.39 is 11.2 Å². The number of thiophene rings is 1. The lowest BCUT2D eigenvalue weighted by molar-refractivity contribution is -0.113. The molecule has 0 unspecified atom stereocenters. The molecule has 0 spiro atoms. The third-order valence-corrected chi connectivity index (χ3v) is 5.87. The molecule has 126 valence electrons. The number of nitrogens with one attached hydrogen (secondary N) is 3. The molecule has 0 radical (unpaired) electrons. The van der Waals surface area contributed by atoms with Crippen molar-refractivity contribution >= 4 is 44.9 Å². The number of fused-ring (bicyclic) bond motifs is 1. The Balaban J connectivity index is 1.82. The van der Waals surface area contributed by atoms with Crippen molar-refractivity contribution in [3.05, 3.63) is 56.2 Å². The van der Waals surface area contributed by atoms with Crippen LogP contribution in [0.15, 0.2) is 38.1 Å².